The fourth-order valence-corrected chi connectivity index (χ4v) is 3.59. The first kappa shape index (κ1) is 11.9. The number of aromatic nitrogens is 1. The maximum Gasteiger partial charge on any atom is 0.184 e. The van der Waals surface area contributed by atoms with Crippen LogP contribution < -0.4 is 10.6 Å². The maximum absolute atomic E-state index is 6.02. The molecule has 1 heterocycles. The molecule has 1 aliphatic rings. The molecule has 4 heteroatoms. The van der Waals surface area contributed by atoms with Gasteiger partial charge in [0.25, 0.3) is 0 Å². The highest BCUT2D eigenvalue weighted by molar-refractivity contribution is 7.15. The molecule has 1 aromatic rings. The molecule has 0 aliphatic heterocycles. The summed E-state index contributed by atoms with van der Waals surface area (Å²) in [4.78, 5) is 7.93. The lowest BCUT2D eigenvalue weighted by molar-refractivity contribution is 0.305. The van der Waals surface area contributed by atoms with E-state index in [0.29, 0.717) is 0 Å². The van der Waals surface area contributed by atoms with Gasteiger partial charge < -0.3 is 10.6 Å². The van der Waals surface area contributed by atoms with Crippen molar-refractivity contribution in [2.45, 2.75) is 37.5 Å². The molecule has 0 atom stereocenters. The van der Waals surface area contributed by atoms with Crippen molar-refractivity contribution in [2.24, 2.45) is 5.73 Å². The average molecular weight is 239 g/mol. The third-order valence-corrected chi connectivity index (χ3v) is 5.01. The second kappa shape index (κ2) is 4.72. The fraction of sp³-hybridized carbons (Fsp3) is 0.750. The smallest absolute Gasteiger partial charge is 0.184 e. The largest absolute Gasteiger partial charge is 0.354 e. The van der Waals surface area contributed by atoms with Crippen molar-refractivity contribution in [3.63, 3.8) is 0 Å². The summed E-state index contributed by atoms with van der Waals surface area (Å²) in [6.45, 7) is 0.766. The minimum absolute atomic E-state index is 0.226. The van der Waals surface area contributed by atoms with Gasteiger partial charge in [0.15, 0.2) is 5.13 Å². The molecule has 0 saturated heterocycles. The molecule has 0 aromatic carbocycles. The lowest BCUT2D eigenvalue weighted by Gasteiger charge is -2.35. The van der Waals surface area contributed by atoms with Crippen LogP contribution in [0.4, 0.5) is 5.13 Å². The van der Waals surface area contributed by atoms with E-state index in [2.05, 4.69) is 9.88 Å². The van der Waals surface area contributed by atoms with Gasteiger partial charge in [0, 0.05) is 37.1 Å². The van der Waals surface area contributed by atoms with Gasteiger partial charge in [0.1, 0.15) is 0 Å². The van der Waals surface area contributed by atoms with Crippen LogP contribution in [0.15, 0.2) is 6.20 Å². The van der Waals surface area contributed by atoms with E-state index < -0.39 is 0 Å². The number of hydrogen-bond acceptors (Lipinski definition) is 4. The van der Waals surface area contributed by atoms with Gasteiger partial charge in [0.05, 0.1) is 0 Å². The molecule has 1 aromatic heterocycles. The predicted octanol–water partition coefficient (Wildman–Crippen LogP) is 2.37. The summed E-state index contributed by atoms with van der Waals surface area (Å²) < 4.78 is 0. The van der Waals surface area contributed by atoms with E-state index in [0.717, 1.165) is 11.7 Å². The molecule has 16 heavy (non-hydrogen) atoms. The van der Waals surface area contributed by atoms with Crippen molar-refractivity contribution < 1.29 is 0 Å². The van der Waals surface area contributed by atoms with Crippen molar-refractivity contribution in [3.05, 3.63) is 11.1 Å². The lowest BCUT2D eigenvalue weighted by atomic mass is 9.73. The average Bonchev–Trinajstić information content (AvgIpc) is 2.80. The summed E-state index contributed by atoms with van der Waals surface area (Å²) >= 11 is 1.81. The topological polar surface area (TPSA) is 42.2 Å². The monoisotopic (exact) mass is 239 g/mol. The van der Waals surface area contributed by atoms with Crippen LogP contribution in [0.1, 0.15) is 37.0 Å². The van der Waals surface area contributed by atoms with Gasteiger partial charge in [-0.3, -0.25) is 0 Å². The molecule has 2 rings (SSSR count). The van der Waals surface area contributed by atoms with E-state index in [9.17, 15) is 0 Å². The number of hydrogen-bond donors (Lipinski definition) is 1. The van der Waals surface area contributed by atoms with Crippen molar-refractivity contribution >= 4 is 16.5 Å². The molecule has 0 radical (unpaired) electrons. The van der Waals surface area contributed by atoms with Gasteiger partial charge in [-0.1, -0.05) is 19.3 Å². The lowest BCUT2D eigenvalue weighted by Crippen LogP contribution is -2.36. The van der Waals surface area contributed by atoms with Crippen LogP contribution in [0.5, 0.6) is 0 Å². The molecular weight excluding hydrogens is 218 g/mol. The molecule has 0 bridgehead atoms. The highest BCUT2D eigenvalue weighted by Gasteiger charge is 2.34. The van der Waals surface area contributed by atoms with E-state index in [1.807, 2.05) is 20.3 Å². The standard InChI is InChI=1S/C12H21N3S/c1-15(2)11-14-8-10(16-11)12(9-13)6-4-3-5-7-12/h8H,3-7,9,13H2,1-2H3. The predicted molar refractivity (Wildman–Crippen MR) is 70.3 cm³/mol. The molecule has 1 aliphatic carbocycles. The third-order valence-electron chi connectivity index (χ3n) is 3.60. The summed E-state index contributed by atoms with van der Waals surface area (Å²) in [7, 11) is 4.08. The maximum atomic E-state index is 6.02. The molecule has 90 valence electrons. The Morgan fingerprint density at radius 3 is 2.56 bits per heavy atom. The van der Waals surface area contributed by atoms with Gasteiger partial charge in [-0.25, -0.2) is 4.98 Å². The molecular formula is C12H21N3S. The zero-order chi connectivity index (χ0) is 11.6. The quantitative estimate of drug-likeness (QED) is 0.880. The summed E-state index contributed by atoms with van der Waals surface area (Å²) in [5, 5.41) is 1.09. The van der Waals surface area contributed by atoms with Gasteiger partial charge >= 0.3 is 0 Å². The Morgan fingerprint density at radius 1 is 1.38 bits per heavy atom. The van der Waals surface area contributed by atoms with E-state index in [1.165, 1.54) is 37.0 Å². The van der Waals surface area contributed by atoms with Crippen LogP contribution in [-0.2, 0) is 5.41 Å². The first-order valence-electron chi connectivity index (χ1n) is 6.02. The molecule has 2 N–H and O–H groups in total. The summed E-state index contributed by atoms with van der Waals surface area (Å²) in [6.07, 6.45) is 8.50. The normalized spacial score (nSPS) is 19.7. The second-order valence-corrected chi connectivity index (χ2v) is 5.96. The number of nitrogens with zero attached hydrogens (tertiary/aromatic N) is 2. The van der Waals surface area contributed by atoms with Crippen LogP contribution >= 0.6 is 11.3 Å². The number of rotatable bonds is 3. The van der Waals surface area contributed by atoms with E-state index in [1.54, 1.807) is 11.3 Å². The number of nitrogens with two attached hydrogens (primary N) is 1. The molecule has 1 fully saturated rings. The van der Waals surface area contributed by atoms with E-state index in [4.69, 9.17) is 5.73 Å². The van der Waals surface area contributed by atoms with Crippen LogP contribution in [0.25, 0.3) is 0 Å². The Balaban J connectivity index is 2.25. The SMILES string of the molecule is CN(C)c1ncc(C2(CN)CCCCC2)s1. The van der Waals surface area contributed by atoms with Crippen LogP contribution in [0, 0.1) is 0 Å². The second-order valence-electron chi connectivity index (χ2n) is 4.95. The van der Waals surface area contributed by atoms with Crippen LogP contribution in [-0.4, -0.2) is 25.6 Å². The summed E-state index contributed by atoms with van der Waals surface area (Å²) in [5.74, 6) is 0. The van der Waals surface area contributed by atoms with Gasteiger partial charge in [-0.2, -0.15) is 0 Å². The summed E-state index contributed by atoms with van der Waals surface area (Å²) in [5.41, 5.74) is 6.25. The fourth-order valence-electron chi connectivity index (χ4n) is 2.50. The Morgan fingerprint density at radius 2 is 2.06 bits per heavy atom. The van der Waals surface area contributed by atoms with E-state index >= 15 is 0 Å². The molecule has 0 spiro atoms. The Labute approximate surface area is 102 Å². The molecule has 0 amide bonds. The highest BCUT2D eigenvalue weighted by atomic mass is 32.1. The minimum atomic E-state index is 0.226. The Bertz CT molecular complexity index is 340. The number of anilines is 1. The number of thiazole rings is 1. The molecule has 1 saturated carbocycles. The van der Waals surface area contributed by atoms with Gasteiger partial charge in [-0.05, 0) is 12.8 Å². The van der Waals surface area contributed by atoms with Crippen LogP contribution in [0.2, 0.25) is 0 Å². The molecule has 0 unspecified atom stereocenters. The van der Waals surface area contributed by atoms with Gasteiger partial charge in [0.2, 0.25) is 0 Å². The first-order valence-corrected chi connectivity index (χ1v) is 6.83. The van der Waals surface area contributed by atoms with E-state index in [-0.39, 0.29) is 5.41 Å². The molecule has 3 nitrogen and oxygen atoms in total. The Kier molecular flexibility index (Phi) is 3.50. The summed E-state index contributed by atoms with van der Waals surface area (Å²) in [6, 6.07) is 0. The van der Waals surface area contributed by atoms with Gasteiger partial charge in [-0.15, -0.1) is 11.3 Å². The Hall–Kier alpha value is -0.610. The minimum Gasteiger partial charge on any atom is -0.354 e. The third kappa shape index (κ3) is 2.09. The van der Waals surface area contributed by atoms with Crippen molar-refractivity contribution in [1.82, 2.24) is 4.98 Å². The zero-order valence-corrected chi connectivity index (χ0v) is 11.0. The zero-order valence-electron chi connectivity index (χ0n) is 10.2. The first-order chi connectivity index (χ1) is 7.68. The van der Waals surface area contributed by atoms with Crippen molar-refractivity contribution in [2.75, 3.05) is 25.5 Å². The van der Waals surface area contributed by atoms with Crippen LogP contribution in [0.3, 0.4) is 0 Å². The highest BCUT2D eigenvalue weighted by Crippen LogP contribution is 2.42. The van der Waals surface area contributed by atoms with Crippen molar-refractivity contribution in [1.29, 1.82) is 0 Å². The van der Waals surface area contributed by atoms with Crippen molar-refractivity contribution in [3.8, 4) is 0 Å².